The van der Waals surface area contributed by atoms with Crippen molar-refractivity contribution in [3.8, 4) is 0 Å². The zero-order valence-electron chi connectivity index (χ0n) is 8.52. The van der Waals surface area contributed by atoms with Crippen LogP contribution in [0.25, 0.3) is 0 Å². The molecule has 2 aliphatic rings. The largest absolute Gasteiger partial charge is 0.312 e. The Kier molecular flexibility index (Phi) is 2.04. The topological polar surface area (TPSA) is 37.4 Å². The summed E-state index contributed by atoms with van der Waals surface area (Å²) in [5, 5.41) is 0. The molecule has 0 radical (unpaired) electrons. The molecule has 1 saturated heterocycles. The van der Waals surface area contributed by atoms with Crippen molar-refractivity contribution in [1.82, 2.24) is 4.90 Å². The summed E-state index contributed by atoms with van der Waals surface area (Å²) < 4.78 is 0. The summed E-state index contributed by atoms with van der Waals surface area (Å²) in [5.41, 5.74) is 0.924. The Morgan fingerprint density at radius 1 is 1.25 bits per heavy atom. The minimum Gasteiger partial charge on any atom is -0.312 e. The van der Waals surface area contributed by atoms with Crippen LogP contribution in [0.1, 0.15) is 34.3 Å². The van der Waals surface area contributed by atoms with Gasteiger partial charge >= 0.3 is 0 Å². The van der Waals surface area contributed by atoms with Crippen molar-refractivity contribution in [3.05, 3.63) is 35.4 Å². The third kappa shape index (κ3) is 1.15. The highest BCUT2D eigenvalue weighted by Gasteiger charge is 2.45. The molecule has 0 saturated carbocycles. The number of fused-ring (bicyclic) bond motifs is 2. The number of ketones is 1. The maximum absolute atomic E-state index is 12.1. The zero-order valence-corrected chi connectivity index (χ0v) is 9.28. The number of Topliss-reactive ketones (excluding diaryl/α,β-unsaturated/α-hetero) is 1. The van der Waals surface area contributed by atoms with E-state index in [1.165, 1.54) is 4.90 Å². The molecule has 2 heterocycles. The van der Waals surface area contributed by atoms with Gasteiger partial charge in [0.25, 0.3) is 0 Å². The summed E-state index contributed by atoms with van der Waals surface area (Å²) in [7, 11) is 0. The first-order valence-electron chi connectivity index (χ1n) is 5.28. The first-order valence-corrected chi connectivity index (χ1v) is 5.72. The molecule has 0 bridgehead atoms. The lowest BCUT2D eigenvalue weighted by molar-refractivity contribution is -0.129. The number of hydrogen-bond donors (Lipinski definition) is 0. The van der Waals surface area contributed by atoms with Gasteiger partial charge in [-0.05, 0) is 6.42 Å². The molecule has 1 fully saturated rings. The normalized spacial score (nSPS) is 27.9. The molecule has 16 heavy (non-hydrogen) atoms. The lowest BCUT2D eigenvalue weighted by atomic mass is 9.93. The van der Waals surface area contributed by atoms with Crippen LogP contribution in [0.5, 0.6) is 0 Å². The number of rotatable bonds is 0. The van der Waals surface area contributed by atoms with Crippen molar-refractivity contribution in [2.45, 2.75) is 24.4 Å². The van der Waals surface area contributed by atoms with Crippen LogP contribution >= 0.6 is 11.6 Å². The Balaban J connectivity index is 2.17. The second-order valence-corrected chi connectivity index (χ2v) is 4.56. The molecular formula is C12H10ClNO2. The average Bonchev–Trinajstić information content (AvgIpc) is 2.69. The summed E-state index contributed by atoms with van der Waals surface area (Å²) in [6.45, 7) is 0. The van der Waals surface area contributed by atoms with Crippen molar-refractivity contribution in [2.24, 2.45) is 0 Å². The highest BCUT2D eigenvalue weighted by molar-refractivity contribution is 6.24. The van der Waals surface area contributed by atoms with Gasteiger partial charge in [-0.1, -0.05) is 35.9 Å². The molecule has 0 aliphatic carbocycles. The molecular weight excluding hydrogens is 226 g/mol. The molecule has 3 rings (SSSR count). The van der Waals surface area contributed by atoms with E-state index >= 15 is 0 Å². The molecule has 4 heteroatoms. The molecule has 1 amide bonds. The maximum Gasteiger partial charge on any atom is 0.224 e. The van der Waals surface area contributed by atoms with Crippen LogP contribution in [0.4, 0.5) is 0 Å². The summed E-state index contributed by atoms with van der Waals surface area (Å²) in [6.07, 6.45) is 1.02. The summed E-state index contributed by atoms with van der Waals surface area (Å²) >= 11 is 6.26. The van der Waals surface area contributed by atoms with E-state index in [0.717, 1.165) is 5.56 Å². The van der Waals surface area contributed by atoms with Gasteiger partial charge in [-0.25, -0.2) is 0 Å². The molecule has 2 unspecified atom stereocenters. The van der Waals surface area contributed by atoms with Gasteiger partial charge in [0.1, 0.15) is 5.50 Å². The fourth-order valence-corrected chi connectivity index (χ4v) is 2.94. The average molecular weight is 236 g/mol. The second kappa shape index (κ2) is 3.32. The highest BCUT2D eigenvalue weighted by Crippen LogP contribution is 2.40. The minimum atomic E-state index is -0.492. The zero-order chi connectivity index (χ0) is 11.3. The first kappa shape index (κ1) is 9.85. The van der Waals surface area contributed by atoms with Crippen LogP contribution in [0.15, 0.2) is 24.3 Å². The van der Waals surface area contributed by atoms with Crippen molar-refractivity contribution in [1.29, 1.82) is 0 Å². The Hall–Kier alpha value is -1.35. The predicted molar refractivity (Wildman–Crippen MR) is 59.2 cm³/mol. The number of benzene rings is 1. The quantitative estimate of drug-likeness (QED) is 0.510. The smallest absolute Gasteiger partial charge is 0.224 e. The van der Waals surface area contributed by atoms with Crippen LogP contribution in [0, 0.1) is 0 Å². The van der Waals surface area contributed by atoms with Crippen LogP contribution < -0.4 is 0 Å². The van der Waals surface area contributed by atoms with E-state index in [0.29, 0.717) is 18.4 Å². The van der Waals surface area contributed by atoms with E-state index in [4.69, 9.17) is 11.6 Å². The fraction of sp³-hybridized carbons (Fsp3) is 0.333. The van der Waals surface area contributed by atoms with E-state index in [2.05, 4.69) is 0 Å². The van der Waals surface area contributed by atoms with E-state index in [9.17, 15) is 9.59 Å². The van der Waals surface area contributed by atoms with Gasteiger partial charge in [0.05, 0.1) is 6.04 Å². The Morgan fingerprint density at radius 3 is 2.81 bits per heavy atom. The van der Waals surface area contributed by atoms with Crippen LogP contribution in [-0.4, -0.2) is 22.6 Å². The predicted octanol–water partition coefficient (Wildman–Crippen LogP) is 2.11. The van der Waals surface area contributed by atoms with E-state index in [1.54, 1.807) is 6.07 Å². The fourth-order valence-electron chi connectivity index (χ4n) is 2.50. The van der Waals surface area contributed by atoms with E-state index in [1.807, 2.05) is 18.2 Å². The van der Waals surface area contributed by atoms with E-state index < -0.39 is 5.50 Å². The molecule has 3 nitrogen and oxygen atoms in total. The number of amides is 1. The third-order valence-corrected chi connectivity index (χ3v) is 3.73. The maximum atomic E-state index is 12.1. The minimum absolute atomic E-state index is 0.0205. The SMILES string of the molecule is O=C1c2ccccc2C(Cl)N2C(=O)CCC12. The number of carbonyl (C=O) groups is 2. The summed E-state index contributed by atoms with van der Waals surface area (Å²) in [5.74, 6) is 0.00574. The van der Waals surface area contributed by atoms with Gasteiger partial charge in [0.15, 0.2) is 5.78 Å². The molecule has 0 N–H and O–H groups in total. The third-order valence-electron chi connectivity index (χ3n) is 3.29. The van der Waals surface area contributed by atoms with Gasteiger partial charge in [0, 0.05) is 17.5 Å². The Morgan fingerprint density at radius 2 is 2.00 bits per heavy atom. The molecule has 0 aromatic heterocycles. The molecule has 82 valence electrons. The molecule has 2 aliphatic heterocycles. The number of hydrogen-bond acceptors (Lipinski definition) is 2. The Labute approximate surface area is 98.0 Å². The van der Waals surface area contributed by atoms with Crippen molar-refractivity contribution < 1.29 is 9.59 Å². The number of alkyl halides is 1. The van der Waals surface area contributed by atoms with Crippen LogP contribution in [0.3, 0.4) is 0 Å². The monoisotopic (exact) mass is 235 g/mol. The molecule has 1 aromatic carbocycles. The first-order chi connectivity index (χ1) is 7.70. The Bertz CT molecular complexity index is 486. The second-order valence-electron chi connectivity index (χ2n) is 4.14. The summed E-state index contributed by atoms with van der Waals surface area (Å²) in [4.78, 5) is 25.3. The number of nitrogens with zero attached hydrogens (tertiary/aromatic N) is 1. The highest BCUT2D eigenvalue weighted by atomic mass is 35.5. The van der Waals surface area contributed by atoms with Crippen molar-refractivity contribution >= 4 is 23.3 Å². The van der Waals surface area contributed by atoms with Gasteiger partial charge in [-0.15, -0.1) is 0 Å². The standard InChI is InChI=1S/C12H10ClNO2/c13-12-8-4-2-1-3-7(8)11(16)9-5-6-10(15)14(9)12/h1-4,9,12H,5-6H2. The van der Waals surface area contributed by atoms with Gasteiger partial charge in [-0.3, -0.25) is 9.59 Å². The van der Waals surface area contributed by atoms with Crippen molar-refractivity contribution in [3.63, 3.8) is 0 Å². The number of halogens is 1. The molecule has 0 spiro atoms. The molecule has 2 atom stereocenters. The van der Waals surface area contributed by atoms with Crippen LogP contribution in [-0.2, 0) is 4.79 Å². The van der Waals surface area contributed by atoms with Gasteiger partial charge in [-0.2, -0.15) is 0 Å². The number of carbonyl (C=O) groups excluding carboxylic acids is 2. The summed E-state index contributed by atoms with van der Waals surface area (Å²) in [6, 6.07) is 6.92. The molecule has 1 aromatic rings. The van der Waals surface area contributed by atoms with Gasteiger partial charge < -0.3 is 4.90 Å². The van der Waals surface area contributed by atoms with E-state index in [-0.39, 0.29) is 17.7 Å². The van der Waals surface area contributed by atoms with Crippen LogP contribution in [0.2, 0.25) is 0 Å². The lowest BCUT2D eigenvalue weighted by Gasteiger charge is -2.34. The van der Waals surface area contributed by atoms with Gasteiger partial charge in [0.2, 0.25) is 5.91 Å². The van der Waals surface area contributed by atoms with Crippen molar-refractivity contribution in [2.75, 3.05) is 0 Å². The lowest BCUT2D eigenvalue weighted by Crippen LogP contribution is -2.44.